The summed E-state index contributed by atoms with van der Waals surface area (Å²) in [5, 5.41) is 2.97. The Balaban J connectivity index is 1.56. The zero-order valence-corrected chi connectivity index (χ0v) is 17.6. The minimum atomic E-state index is -3.51. The number of para-hydroxylation sites is 1. The van der Waals surface area contributed by atoms with Crippen LogP contribution in [0.25, 0.3) is 0 Å². The molecule has 0 bridgehead atoms. The molecule has 1 saturated heterocycles. The van der Waals surface area contributed by atoms with Crippen molar-refractivity contribution in [2.45, 2.75) is 18.1 Å². The summed E-state index contributed by atoms with van der Waals surface area (Å²) >= 11 is 6.92. The van der Waals surface area contributed by atoms with Gasteiger partial charge in [0, 0.05) is 31.9 Å². The van der Waals surface area contributed by atoms with E-state index in [-0.39, 0.29) is 16.7 Å². The number of anilines is 1. The van der Waals surface area contributed by atoms with E-state index in [0.29, 0.717) is 30.5 Å². The van der Waals surface area contributed by atoms with Crippen molar-refractivity contribution in [1.82, 2.24) is 9.21 Å². The standard InChI is InChI=1S/C18H22ClN3O3S2/c1-13-4-3-5-14(2)18(13)20-16(23)12-21-8-10-22(11-9-21)27(24,25)17-7-6-15(19)26-17/h3-7H,8-12H2,1-2H3,(H,20,23). The Morgan fingerprint density at radius 2 is 1.74 bits per heavy atom. The summed E-state index contributed by atoms with van der Waals surface area (Å²) in [6.45, 7) is 5.90. The van der Waals surface area contributed by atoms with Gasteiger partial charge in [0.1, 0.15) is 4.21 Å². The van der Waals surface area contributed by atoms with Crippen molar-refractivity contribution in [2.24, 2.45) is 0 Å². The van der Waals surface area contributed by atoms with Gasteiger partial charge in [-0.1, -0.05) is 29.8 Å². The molecule has 3 rings (SSSR count). The number of nitrogens with zero attached hydrogens (tertiary/aromatic N) is 2. The van der Waals surface area contributed by atoms with Crippen molar-refractivity contribution in [3.05, 3.63) is 45.8 Å². The molecule has 6 nitrogen and oxygen atoms in total. The molecular weight excluding hydrogens is 406 g/mol. The van der Waals surface area contributed by atoms with E-state index in [1.165, 1.54) is 10.4 Å². The maximum atomic E-state index is 12.6. The second-order valence-electron chi connectivity index (χ2n) is 6.55. The van der Waals surface area contributed by atoms with Crippen LogP contribution < -0.4 is 5.32 Å². The van der Waals surface area contributed by atoms with Crippen molar-refractivity contribution >= 4 is 44.6 Å². The average molecular weight is 428 g/mol. The predicted octanol–water partition coefficient (Wildman–Crippen LogP) is 2.96. The lowest BCUT2D eigenvalue weighted by atomic mass is 10.1. The fourth-order valence-electron chi connectivity index (χ4n) is 3.09. The van der Waals surface area contributed by atoms with Gasteiger partial charge in [-0.3, -0.25) is 9.69 Å². The van der Waals surface area contributed by atoms with Gasteiger partial charge in [-0.2, -0.15) is 4.31 Å². The number of halogens is 1. The smallest absolute Gasteiger partial charge is 0.252 e. The molecule has 0 unspecified atom stereocenters. The second kappa shape index (κ2) is 8.28. The number of carbonyl (C=O) groups is 1. The molecule has 1 aliphatic rings. The van der Waals surface area contributed by atoms with Crippen LogP contribution in [0.5, 0.6) is 0 Å². The third-order valence-electron chi connectivity index (χ3n) is 4.59. The molecule has 9 heteroatoms. The molecule has 1 aromatic heterocycles. The number of hydrogen-bond acceptors (Lipinski definition) is 5. The highest BCUT2D eigenvalue weighted by atomic mass is 35.5. The first-order valence-corrected chi connectivity index (χ1v) is 11.2. The number of carbonyl (C=O) groups excluding carboxylic acids is 1. The number of sulfonamides is 1. The minimum absolute atomic E-state index is 0.0891. The predicted molar refractivity (Wildman–Crippen MR) is 109 cm³/mol. The molecular formula is C18H22ClN3O3S2. The summed E-state index contributed by atoms with van der Waals surface area (Å²) in [6.07, 6.45) is 0. The summed E-state index contributed by atoms with van der Waals surface area (Å²) in [5.74, 6) is -0.0891. The Kier molecular flexibility index (Phi) is 6.22. The van der Waals surface area contributed by atoms with Gasteiger partial charge in [-0.25, -0.2) is 8.42 Å². The summed E-state index contributed by atoms with van der Waals surface area (Å²) in [4.78, 5) is 14.4. The third-order valence-corrected chi connectivity index (χ3v) is 8.18. The molecule has 27 heavy (non-hydrogen) atoms. The van der Waals surface area contributed by atoms with E-state index >= 15 is 0 Å². The highest BCUT2D eigenvalue weighted by Crippen LogP contribution is 2.28. The highest BCUT2D eigenvalue weighted by molar-refractivity contribution is 7.91. The van der Waals surface area contributed by atoms with Gasteiger partial charge < -0.3 is 5.32 Å². The summed E-state index contributed by atoms with van der Waals surface area (Å²) in [7, 11) is -3.51. The fourth-order valence-corrected chi connectivity index (χ4v) is 6.14. The van der Waals surface area contributed by atoms with E-state index in [1.54, 1.807) is 6.07 Å². The van der Waals surface area contributed by atoms with Crippen molar-refractivity contribution in [3.63, 3.8) is 0 Å². The molecule has 1 aromatic carbocycles. The fraction of sp³-hybridized carbons (Fsp3) is 0.389. The number of thiophene rings is 1. The quantitative estimate of drug-likeness (QED) is 0.796. The summed E-state index contributed by atoms with van der Waals surface area (Å²) < 4.78 is 27.4. The molecule has 2 heterocycles. The van der Waals surface area contributed by atoms with Gasteiger partial charge in [0.2, 0.25) is 5.91 Å². The number of nitrogens with one attached hydrogen (secondary N) is 1. The first-order chi connectivity index (χ1) is 12.8. The first kappa shape index (κ1) is 20.3. The lowest BCUT2D eigenvalue weighted by Crippen LogP contribution is -2.50. The maximum absolute atomic E-state index is 12.6. The van der Waals surface area contributed by atoms with Crippen LogP contribution in [0.1, 0.15) is 11.1 Å². The Morgan fingerprint density at radius 3 is 2.30 bits per heavy atom. The molecule has 1 amide bonds. The molecule has 1 N–H and O–H groups in total. The first-order valence-electron chi connectivity index (χ1n) is 8.61. The topological polar surface area (TPSA) is 69.7 Å². The van der Waals surface area contributed by atoms with Crippen LogP contribution in [-0.2, 0) is 14.8 Å². The molecule has 146 valence electrons. The largest absolute Gasteiger partial charge is 0.324 e. The van der Waals surface area contributed by atoms with Gasteiger partial charge in [0.05, 0.1) is 10.9 Å². The average Bonchev–Trinajstić information content (AvgIpc) is 3.06. The van der Waals surface area contributed by atoms with Crippen molar-refractivity contribution in [1.29, 1.82) is 0 Å². The lowest BCUT2D eigenvalue weighted by Gasteiger charge is -2.33. The van der Waals surface area contributed by atoms with Gasteiger partial charge in [-0.15, -0.1) is 11.3 Å². The molecule has 0 radical (unpaired) electrons. The van der Waals surface area contributed by atoms with Crippen molar-refractivity contribution in [3.8, 4) is 0 Å². The lowest BCUT2D eigenvalue weighted by molar-refractivity contribution is -0.117. The van der Waals surface area contributed by atoms with Crippen LogP contribution in [0, 0.1) is 13.8 Å². The number of piperazine rings is 1. The van der Waals surface area contributed by atoms with E-state index < -0.39 is 10.0 Å². The highest BCUT2D eigenvalue weighted by Gasteiger charge is 2.30. The Bertz CT molecular complexity index is 915. The van der Waals surface area contributed by atoms with Crippen molar-refractivity contribution < 1.29 is 13.2 Å². The number of hydrogen-bond donors (Lipinski definition) is 1. The molecule has 0 aliphatic carbocycles. The van der Waals surface area contributed by atoms with Gasteiger partial charge >= 0.3 is 0 Å². The third kappa shape index (κ3) is 4.70. The maximum Gasteiger partial charge on any atom is 0.252 e. The Labute approximate surface area is 168 Å². The molecule has 1 fully saturated rings. The minimum Gasteiger partial charge on any atom is -0.324 e. The van der Waals surface area contributed by atoms with E-state index in [4.69, 9.17) is 11.6 Å². The number of aryl methyl sites for hydroxylation is 2. The second-order valence-corrected chi connectivity index (χ2v) is 10.4. The van der Waals surface area contributed by atoms with E-state index in [0.717, 1.165) is 28.2 Å². The molecule has 1 aliphatic heterocycles. The number of amides is 1. The molecule has 2 aromatic rings. The molecule has 0 saturated carbocycles. The van der Waals surface area contributed by atoms with E-state index in [1.807, 2.05) is 36.9 Å². The Hall–Kier alpha value is -1.45. The van der Waals surface area contributed by atoms with Crippen LogP contribution >= 0.6 is 22.9 Å². The van der Waals surface area contributed by atoms with E-state index in [2.05, 4.69) is 5.32 Å². The Morgan fingerprint density at radius 1 is 1.11 bits per heavy atom. The van der Waals surface area contributed by atoms with E-state index in [9.17, 15) is 13.2 Å². The number of benzene rings is 1. The molecule has 0 spiro atoms. The zero-order chi connectivity index (χ0) is 19.6. The normalized spacial score (nSPS) is 16.4. The van der Waals surface area contributed by atoms with Crippen LogP contribution in [0.4, 0.5) is 5.69 Å². The van der Waals surface area contributed by atoms with Crippen LogP contribution in [0.15, 0.2) is 34.5 Å². The monoisotopic (exact) mass is 427 g/mol. The molecule has 0 atom stereocenters. The number of rotatable bonds is 5. The zero-order valence-electron chi connectivity index (χ0n) is 15.2. The van der Waals surface area contributed by atoms with Crippen molar-refractivity contribution in [2.75, 3.05) is 38.0 Å². The SMILES string of the molecule is Cc1cccc(C)c1NC(=O)CN1CCN(S(=O)(=O)c2ccc(Cl)s2)CC1. The van der Waals surface area contributed by atoms with Crippen LogP contribution in [0.2, 0.25) is 4.34 Å². The summed E-state index contributed by atoms with van der Waals surface area (Å²) in [5.41, 5.74) is 2.89. The van der Waals surface area contributed by atoms with Crippen LogP contribution in [0.3, 0.4) is 0 Å². The van der Waals surface area contributed by atoms with Gasteiger partial charge in [0.25, 0.3) is 10.0 Å². The van der Waals surface area contributed by atoms with Gasteiger partial charge in [-0.05, 0) is 37.1 Å². The van der Waals surface area contributed by atoms with Gasteiger partial charge in [0.15, 0.2) is 0 Å². The summed E-state index contributed by atoms with van der Waals surface area (Å²) in [6, 6.07) is 9.01. The van der Waals surface area contributed by atoms with Crippen LogP contribution in [-0.4, -0.2) is 56.3 Å².